The monoisotopic (exact) mass is 273 g/mol. The molecule has 90 valence electrons. The Morgan fingerprint density at radius 2 is 2.12 bits per heavy atom. The second-order valence-corrected chi connectivity index (χ2v) is 5.19. The normalized spacial score (nSPS) is 11.7. The number of sulfonamides is 1. The van der Waals surface area contributed by atoms with E-state index in [0.29, 0.717) is 0 Å². The molecule has 0 bridgehead atoms. The van der Waals surface area contributed by atoms with Crippen molar-refractivity contribution < 1.29 is 8.42 Å². The Kier molecular flexibility index (Phi) is 2.86. The molecule has 0 unspecified atom stereocenters. The first-order chi connectivity index (χ1) is 7.91. The van der Waals surface area contributed by atoms with Gasteiger partial charge >= 0.3 is 0 Å². The Morgan fingerprint density at radius 1 is 1.41 bits per heavy atom. The number of nitrogens with two attached hydrogens (primary N) is 1. The summed E-state index contributed by atoms with van der Waals surface area (Å²) in [6.45, 7) is 0. The highest BCUT2D eigenvalue weighted by Crippen LogP contribution is 2.30. The highest BCUT2D eigenvalue weighted by molar-refractivity contribution is 7.89. The molecule has 0 fully saturated rings. The molecule has 2 rings (SSSR count). The molecular formula is C8H8ClN5O2S. The fraction of sp³-hybridized carbons (Fsp3) is 0.125. The number of aryl methyl sites for hydroxylation is 1. The summed E-state index contributed by atoms with van der Waals surface area (Å²) in [5, 5.41) is 15.9. The largest absolute Gasteiger partial charge is 0.240 e. The van der Waals surface area contributed by atoms with Gasteiger partial charge in [-0.2, -0.15) is 0 Å². The average Bonchev–Trinajstić information content (AvgIpc) is 2.62. The number of primary sulfonamides is 1. The maximum absolute atomic E-state index is 11.5. The van der Waals surface area contributed by atoms with Crippen LogP contribution in [0.4, 0.5) is 0 Å². The van der Waals surface area contributed by atoms with Crippen molar-refractivity contribution in [1.29, 1.82) is 0 Å². The minimum atomic E-state index is -3.95. The molecule has 1 aromatic carbocycles. The molecule has 0 saturated heterocycles. The van der Waals surface area contributed by atoms with E-state index in [2.05, 4.69) is 15.5 Å². The topological polar surface area (TPSA) is 104 Å². The molecule has 1 aromatic heterocycles. The van der Waals surface area contributed by atoms with Gasteiger partial charge in [0.2, 0.25) is 10.0 Å². The van der Waals surface area contributed by atoms with Crippen LogP contribution in [0.1, 0.15) is 0 Å². The molecule has 17 heavy (non-hydrogen) atoms. The van der Waals surface area contributed by atoms with Crippen molar-refractivity contribution in [1.82, 2.24) is 20.2 Å². The van der Waals surface area contributed by atoms with Gasteiger partial charge in [-0.15, -0.1) is 5.10 Å². The Bertz CT molecular complexity index is 666. The second-order valence-electron chi connectivity index (χ2n) is 3.29. The van der Waals surface area contributed by atoms with E-state index in [1.165, 1.54) is 16.8 Å². The van der Waals surface area contributed by atoms with Gasteiger partial charge in [-0.05, 0) is 22.6 Å². The molecule has 0 atom stereocenters. The third kappa shape index (κ3) is 2.14. The van der Waals surface area contributed by atoms with E-state index >= 15 is 0 Å². The third-order valence-corrected chi connectivity index (χ3v) is 3.55. The molecule has 0 aliphatic carbocycles. The SMILES string of the molecule is Cn1nnnc1-c1cccc(Cl)c1S(N)(=O)=O. The van der Waals surface area contributed by atoms with Gasteiger partial charge in [-0.25, -0.2) is 18.2 Å². The fourth-order valence-electron chi connectivity index (χ4n) is 1.43. The zero-order valence-electron chi connectivity index (χ0n) is 8.70. The Morgan fingerprint density at radius 3 is 2.65 bits per heavy atom. The molecule has 2 aromatic rings. The average molecular weight is 274 g/mol. The van der Waals surface area contributed by atoms with Crippen molar-refractivity contribution in [3.8, 4) is 11.4 Å². The standard InChI is InChI=1S/C8H8ClN5O2S/c1-14-8(11-12-13-14)5-3-2-4-6(9)7(5)17(10,15)16/h2-4H,1H3,(H2,10,15,16). The lowest BCUT2D eigenvalue weighted by atomic mass is 10.2. The van der Waals surface area contributed by atoms with Gasteiger partial charge in [-0.1, -0.05) is 17.7 Å². The molecule has 0 aliphatic heterocycles. The van der Waals surface area contributed by atoms with E-state index in [-0.39, 0.29) is 21.3 Å². The van der Waals surface area contributed by atoms with Gasteiger partial charge in [0.25, 0.3) is 0 Å². The van der Waals surface area contributed by atoms with Gasteiger partial charge in [-0.3, -0.25) is 0 Å². The van der Waals surface area contributed by atoms with Crippen LogP contribution >= 0.6 is 11.6 Å². The lowest BCUT2D eigenvalue weighted by Gasteiger charge is -2.07. The number of aromatic nitrogens is 4. The van der Waals surface area contributed by atoms with Crippen molar-refractivity contribution in [2.24, 2.45) is 12.2 Å². The van der Waals surface area contributed by atoms with E-state index in [9.17, 15) is 8.42 Å². The smallest absolute Gasteiger partial charge is 0.229 e. The predicted molar refractivity (Wildman–Crippen MR) is 60.6 cm³/mol. The zero-order valence-corrected chi connectivity index (χ0v) is 10.3. The van der Waals surface area contributed by atoms with E-state index in [4.69, 9.17) is 16.7 Å². The van der Waals surface area contributed by atoms with E-state index < -0.39 is 10.0 Å². The molecule has 1 heterocycles. The van der Waals surface area contributed by atoms with Crippen LogP contribution in [0.5, 0.6) is 0 Å². The number of hydrogen-bond acceptors (Lipinski definition) is 5. The third-order valence-electron chi connectivity index (χ3n) is 2.11. The Hall–Kier alpha value is -1.51. The molecule has 2 N–H and O–H groups in total. The van der Waals surface area contributed by atoms with Crippen LogP contribution < -0.4 is 5.14 Å². The van der Waals surface area contributed by atoms with Crippen molar-refractivity contribution in [2.45, 2.75) is 4.90 Å². The molecule has 0 saturated carbocycles. The minimum Gasteiger partial charge on any atom is -0.229 e. The number of tetrazole rings is 1. The summed E-state index contributed by atoms with van der Waals surface area (Å²) in [5.41, 5.74) is 0.271. The van der Waals surface area contributed by atoms with Gasteiger partial charge in [0.15, 0.2) is 5.82 Å². The van der Waals surface area contributed by atoms with Gasteiger partial charge in [0, 0.05) is 12.6 Å². The quantitative estimate of drug-likeness (QED) is 0.840. The summed E-state index contributed by atoms with van der Waals surface area (Å²) in [7, 11) is -2.36. The number of rotatable bonds is 2. The first kappa shape index (κ1) is 12.0. The summed E-state index contributed by atoms with van der Waals surface area (Å²) in [6, 6.07) is 4.58. The number of hydrogen-bond donors (Lipinski definition) is 1. The van der Waals surface area contributed by atoms with E-state index in [1.807, 2.05) is 0 Å². The van der Waals surface area contributed by atoms with Crippen LogP contribution in [-0.2, 0) is 17.1 Å². The van der Waals surface area contributed by atoms with Gasteiger partial charge in [0.1, 0.15) is 4.90 Å². The summed E-state index contributed by atoms with van der Waals surface area (Å²) in [6.07, 6.45) is 0. The van der Waals surface area contributed by atoms with E-state index in [0.717, 1.165) is 0 Å². The van der Waals surface area contributed by atoms with Crippen LogP contribution in [0, 0.1) is 0 Å². The summed E-state index contributed by atoms with van der Waals surface area (Å²) < 4.78 is 24.3. The fourth-order valence-corrected chi connectivity index (χ4v) is 2.73. The van der Waals surface area contributed by atoms with Crippen molar-refractivity contribution >= 4 is 21.6 Å². The maximum atomic E-state index is 11.5. The highest BCUT2D eigenvalue weighted by atomic mass is 35.5. The first-order valence-corrected chi connectivity index (χ1v) is 6.37. The molecule has 0 spiro atoms. The maximum Gasteiger partial charge on any atom is 0.240 e. The highest BCUT2D eigenvalue weighted by Gasteiger charge is 2.21. The minimum absolute atomic E-state index is 0.0352. The van der Waals surface area contributed by atoms with Crippen molar-refractivity contribution in [3.05, 3.63) is 23.2 Å². The Labute approximate surface area is 102 Å². The first-order valence-electron chi connectivity index (χ1n) is 4.45. The molecule has 0 aliphatic rings. The number of halogens is 1. The van der Waals surface area contributed by atoms with Crippen LogP contribution in [0.2, 0.25) is 5.02 Å². The van der Waals surface area contributed by atoms with E-state index in [1.54, 1.807) is 13.1 Å². The summed E-state index contributed by atoms with van der Waals surface area (Å²) in [5.74, 6) is 0.275. The Balaban J connectivity index is 2.81. The predicted octanol–water partition coefficient (Wildman–Crippen LogP) is 0.178. The van der Waals surface area contributed by atoms with Crippen LogP contribution in [-0.4, -0.2) is 28.6 Å². The molecule has 7 nitrogen and oxygen atoms in total. The molecule has 9 heteroatoms. The second kappa shape index (κ2) is 4.06. The molecule has 0 radical (unpaired) electrons. The number of benzene rings is 1. The van der Waals surface area contributed by atoms with Gasteiger partial charge in [0.05, 0.1) is 5.02 Å². The van der Waals surface area contributed by atoms with Crippen molar-refractivity contribution in [3.63, 3.8) is 0 Å². The molecular weight excluding hydrogens is 266 g/mol. The number of nitrogens with zero attached hydrogens (tertiary/aromatic N) is 4. The van der Waals surface area contributed by atoms with Crippen LogP contribution in [0.3, 0.4) is 0 Å². The molecule has 0 amide bonds. The lowest BCUT2D eigenvalue weighted by Crippen LogP contribution is -2.14. The van der Waals surface area contributed by atoms with Crippen LogP contribution in [0.15, 0.2) is 23.1 Å². The summed E-state index contributed by atoms with van der Waals surface area (Å²) >= 11 is 5.85. The lowest BCUT2D eigenvalue weighted by molar-refractivity contribution is 0.598. The van der Waals surface area contributed by atoms with Crippen LogP contribution in [0.25, 0.3) is 11.4 Å². The van der Waals surface area contributed by atoms with Crippen molar-refractivity contribution in [2.75, 3.05) is 0 Å². The zero-order chi connectivity index (χ0) is 12.6. The van der Waals surface area contributed by atoms with Gasteiger partial charge < -0.3 is 0 Å². The summed E-state index contributed by atoms with van der Waals surface area (Å²) in [4.78, 5) is -0.181.